The summed E-state index contributed by atoms with van der Waals surface area (Å²) in [6.45, 7) is 2.82. The van der Waals surface area contributed by atoms with Gasteiger partial charge in [0, 0.05) is 13.7 Å². The lowest BCUT2D eigenvalue weighted by Crippen LogP contribution is -2.24. The summed E-state index contributed by atoms with van der Waals surface area (Å²) in [5.74, 6) is 0. The van der Waals surface area contributed by atoms with Gasteiger partial charge in [-0.15, -0.1) is 0 Å². The van der Waals surface area contributed by atoms with Crippen LogP contribution in [0.4, 0.5) is 0 Å². The Balaban J connectivity index is 2.36. The van der Waals surface area contributed by atoms with E-state index >= 15 is 0 Å². The number of methoxy groups -OCH3 is 1. The van der Waals surface area contributed by atoms with Crippen molar-refractivity contribution in [2.75, 3.05) is 7.11 Å². The highest BCUT2D eigenvalue weighted by molar-refractivity contribution is 9.10. The molecule has 0 bridgehead atoms. The third kappa shape index (κ3) is 2.88. The second kappa shape index (κ2) is 6.32. The number of nitrogens with two attached hydrogens (primary N) is 1. The fourth-order valence-electron chi connectivity index (χ4n) is 2.23. The molecule has 1 aromatic carbocycles. The summed E-state index contributed by atoms with van der Waals surface area (Å²) in [5.41, 5.74) is 8.41. The number of aryl methyl sites for hydroxylation is 1. The Labute approximate surface area is 121 Å². The monoisotopic (exact) mass is 323 g/mol. The Morgan fingerprint density at radius 1 is 1.37 bits per heavy atom. The number of benzene rings is 1. The van der Waals surface area contributed by atoms with Gasteiger partial charge in [0.15, 0.2) is 0 Å². The summed E-state index contributed by atoms with van der Waals surface area (Å²) in [4.78, 5) is 0. The Bertz CT molecular complexity index is 527. The van der Waals surface area contributed by atoms with Crippen LogP contribution in [0, 0.1) is 0 Å². The molecule has 0 spiro atoms. The van der Waals surface area contributed by atoms with Gasteiger partial charge in [-0.05, 0) is 28.4 Å². The van der Waals surface area contributed by atoms with Crippen LogP contribution in [-0.4, -0.2) is 16.9 Å². The predicted octanol–water partition coefficient (Wildman–Crippen LogP) is 3.05. The van der Waals surface area contributed by atoms with Crippen molar-refractivity contribution in [3.8, 4) is 0 Å². The van der Waals surface area contributed by atoms with Crippen LogP contribution < -0.4 is 5.73 Å². The van der Waals surface area contributed by atoms with Crippen LogP contribution in [0.25, 0.3) is 0 Å². The van der Waals surface area contributed by atoms with E-state index in [4.69, 9.17) is 10.5 Å². The second-order valence-electron chi connectivity index (χ2n) is 4.29. The molecule has 5 heteroatoms. The molecule has 102 valence electrons. The van der Waals surface area contributed by atoms with Gasteiger partial charge >= 0.3 is 0 Å². The quantitative estimate of drug-likeness (QED) is 0.920. The van der Waals surface area contributed by atoms with E-state index in [-0.39, 0.29) is 12.1 Å². The van der Waals surface area contributed by atoms with Crippen molar-refractivity contribution in [2.24, 2.45) is 5.73 Å². The number of rotatable bonds is 5. The highest BCUT2D eigenvalue weighted by atomic mass is 79.9. The first-order valence-corrected chi connectivity index (χ1v) is 7.02. The number of halogens is 1. The van der Waals surface area contributed by atoms with Crippen molar-refractivity contribution in [1.82, 2.24) is 9.78 Å². The lowest BCUT2D eigenvalue weighted by Gasteiger charge is -2.24. The number of hydrogen-bond acceptors (Lipinski definition) is 3. The molecule has 2 rings (SSSR count). The first kappa shape index (κ1) is 14.2. The summed E-state index contributed by atoms with van der Waals surface area (Å²) >= 11 is 3.51. The minimum Gasteiger partial charge on any atom is -0.375 e. The van der Waals surface area contributed by atoms with E-state index in [0.29, 0.717) is 0 Å². The number of nitrogens with zero attached hydrogens (tertiary/aromatic N) is 2. The maximum absolute atomic E-state index is 6.39. The molecular formula is C14H18BrN3O. The maximum Gasteiger partial charge on any atom is 0.103 e. The first-order valence-electron chi connectivity index (χ1n) is 6.23. The van der Waals surface area contributed by atoms with Crippen LogP contribution in [0.1, 0.15) is 30.3 Å². The van der Waals surface area contributed by atoms with Crippen molar-refractivity contribution < 1.29 is 4.74 Å². The molecular weight excluding hydrogens is 306 g/mol. The van der Waals surface area contributed by atoms with E-state index < -0.39 is 0 Å². The molecule has 1 aromatic heterocycles. The highest BCUT2D eigenvalue weighted by Crippen LogP contribution is 2.33. The molecule has 2 atom stereocenters. The van der Waals surface area contributed by atoms with Gasteiger partial charge in [0.05, 0.1) is 22.4 Å². The minimum atomic E-state index is -0.274. The number of aromatic nitrogens is 2. The van der Waals surface area contributed by atoms with E-state index in [1.807, 2.05) is 41.9 Å². The standard InChI is InChI=1S/C14H18BrN3O/c1-3-18-13(11(15)9-17-18)12(16)14(19-2)10-7-5-4-6-8-10/h4-9,12,14H,3,16H2,1-2H3. The summed E-state index contributed by atoms with van der Waals surface area (Å²) in [6, 6.07) is 9.72. The zero-order chi connectivity index (χ0) is 13.8. The van der Waals surface area contributed by atoms with Crippen LogP contribution in [0.5, 0.6) is 0 Å². The van der Waals surface area contributed by atoms with Gasteiger partial charge in [0.1, 0.15) is 6.10 Å². The third-order valence-electron chi connectivity index (χ3n) is 3.16. The average molecular weight is 324 g/mol. The molecule has 2 unspecified atom stereocenters. The van der Waals surface area contributed by atoms with E-state index in [9.17, 15) is 0 Å². The molecule has 0 aliphatic carbocycles. The lowest BCUT2D eigenvalue weighted by molar-refractivity contribution is 0.0773. The predicted molar refractivity (Wildman–Crippen MR) is 78.7 cm³/mol. The van der Waals surface area contributed by atoms with Crippen LogP contribution in [0.3, 0.4) is 0 Å². The van der Waals surface area contributed by atoms with Crippen molar-refractivity contribution in [3.05, 3.63) is 52.3 Å². The zero-order valence-electron chi connectivity index (χ0n) is 11.1. The molecule has 4 nitrogen and oxygen atoms in total. The molecule has 0 aliphatic rings. The average Bonchev–Trinajstić information content (AvgIpc) is 2.81. The fraction of sp³-hybridized carbons (Fsp3) is 0.357. The van der Waals surface area contributed by atoms with Crippen molar-refractivity contribution in [2.45, 2.75) is 25.6 Å². The Kier molecular flexibility index (Phi) is 4.74. The van der Waals surface area contributed by atoms with Gasteiger partial charge < -0.3 is 10.5 Å². The number of hydrogen-bond donors (Lipinski definition) is 1. The summed E-state index contributed by atoms with van der Waals surface area (Å²) in [7, 11) is 1.68. The van der Waals surface area contributed by atoms with Gasteiger partial charge in [0.2, 0.25) is 0 Å². The van der Waals surface area contributed by atoms with E-state index in [2.05, 4.69) is 21.0 Å². The smallest absolute Gasteiger partial charge is 0.103 e. The van der Waals surface area contributed by atoms with E-state index in [1.165, 1.54) is 0 Å². The normalized spacial score (nSPS) is 14.3. The largest absolute Gasteiger partial charge is 0.375 e. The Hall–Kier alpha value is -1.17. The molecule has 1 heterocycles. The molecule has 2 N–H and O–H groups in total. The van der Waals surface area contributed by atoms with E-state index in [1.54, 1.807) is 13.3 Å². The topological polar surface area (TPSA) is 53.1 Å². The Morgan fingerprint density at radius 2 is 2.05 bits per heavy atom. The maximum atomic E-state index is 6.39. The molecule has 0 aliphatic heterocycles. The molecule has 2 aromatic rings. The van der Waals surface area contributed by atoms with Crippen LogP contribution in [-0.2, 0) is 11.3 Å². The first-order chi connectivity index (χ1) is 9.19. The number of ether oxygens (including phenoxy) is 1. The molecule has 0 fully saturated rings. The van der Waals surface area contributed by atoms with Crippen molar-refractivity contribution in [3.63, 3.8) is 0 Å². The molecule has 0 saturated carbocycles. The molecule has 0 radical (unpaired) electrons. The Morgan fingerprint density at radius 3 is 2.63 bits per heavy atom. The van der Waals surface area contributed by atoms with Crippen molar-refractivity contribution in [1.29, 1.82) is 0 Å². The second-order valence-corrected chi connectivity index (χ2v) is 5.14. The van der Waals surface area contributed by atoms with Gasteiger partial charge in [-0.25, -0.2) is 0 Å². The van der Waals surface area contributed by atoms with Gasteiger partial charge in [-0.2, -0.15) is 5.10 Å². The molecule has 0 amide bonds. The van der Waals surface area contributed by atoms with Gasteiger partial charge in [-0.3, -0.25) is 4.68 Å². The lowest BCUT2D eigenvalue weighted by atomic mass is 10.0. The van der Waals surface area contributed by atoms with E-state index in [0.717, 1.165) is 22.3 Å². The van der Waals surface area contributed by atoms with Crippen LogP contribution in [0.2, 0.25) is 0 Å². The van der Waals surface area contributed by atoms with Crippen molar-refractivity contribution >= 4 is 15.9 Å². The molecule has 19 heavy (non-hydrogen) atoms. The SMILES string of the molecule is CCn1ncc(Br)c1C(N)C(OC)c1ccccc1. The molecule has 0 saturated heterocycles. The highest BCUT2D eigenvalue weighted by Gasteiger charge is 2.26. The summed E-state index contributed by atoms with van der Waals surface area (Å²) < 4.78 is 8.40. The van der Waals surface area contributed by atoms with Gasteiger partial charge in [0.25, 0.3) is 0 Å². The third-order valence-corrected chi connectivity index (χ3v) is 3.77. The summed E-state index contributed by atoms with van der Waals surface area (Å²) in [6.07, 6.45) is 1.58. The van der Waals surface area contributed by atoms with Crippen LogP contribution in [0.15, 0.2) is 41.0 Å². The minimum absolute atomic E-state index is 0.195. The summed E-state index contributed by atoms with van der Waals surface area (Å²) in [5, 5.41) is 4.30. The fourth-order valence-corrected chi connectivity index (χ4v) is 2.79. The zero-order valence-corrected chi connectivity index (χ0v) is 12.7. The van der Waals surface area contributed by atoms with Gasteiger partial charge in [-0.1, -0.05) is 30.3 Å². The van der Waals surface area contributed by atoms with Crippen LogP contribution >= 0.6 is 15.9 Å².